The van der Waals surface area contributed by atoms with Crippen molar-refractivity contribution >= 4 is 12.4 Å². The summed E-state index contributed by atoms with van der Waals surface area (Å²) in [5.41, 5.74) is 11.4. The number of benzene rings is 1. The highest BCUT2D eigenvalue weighted by molar-refractivity contribution is 5.85. The van der Waals surface area contributed by atoms with E-state index in [-0.39, 0.29) is 18.0 Å². The van der Waals surface area contributed by atoms with Gasteiger partial charge in [0, 0.05) is 11.6 Å². The molecule has 0 aliphatic rings. The summed E-state index contributed by atoms with van der Waals surface area (Å²) in [6.07, 6.45) is 1.15. The van der Waals surface area contributed by atoms with Crippen LogP contribution < -0.4 is 11.5 Å². The summed E-state index contributed by atoms with van der Waals surface area (Å²) in [6, 6.07) is 2.04. The fraction of sp³-hybridized carbons (Fsp3) is 0.455. The lowest BCUT2D eigenvalue weighted by molar-refractivity contribution is 0.502. The summed E-state index contributed by atoms with van der Waals surface area (Å²) in [4.78, 5) is 0. The Bertz CT molecular complexity index is 345. The first kappa shape index (κ1) is 15.3. The Morgan fingerprint density at radius 3 is 2.50 bits per heavy atom. The molecule has 0 fully saturated rings. The van der Waals surface area contributed by atoms with E-state index in [0.29, 0.717) is 24.9 Å². The van der Waals surface area contributed by atoms with Crippen molar-refractivity contribution in [1.29, 1.82) is 0 Å². The highest BCUT2D eigenvalue weighted by atomic mass is 35.5. The number of rotatable bonds is 4. The Morgan fingerprint density at radius 1 is 1.31 bits per heavy atom. The van der Waals surface area contributed by atoms with Crippen LogP contribution >= 0.6 is 12.4 Å². The second-order valence-corrected chi connectivity index (χ2v) is 3.63. The van der Waals surface area contributed by atoms with Gasteiger partial charge in [-0.15, -0.1) is 12.4 Å². The molecule has 0 bridgehead atoms. The van der Waals surface area contributed by atoms with Crippen LogP contribution in [0.25, 0.3) is 0 Å². The molecule has 1 rings (SSSR count). The summed E-state index contributed by atoms with van der Waals surface area (Å²) in [5, 5.41) is 0. The first-order chi connectivity index (χ1) is 7.07. The predicted octanol–water partition coefficient (Wildman–Crippen LogP) is 2.43. The van der Waals surface area contributed by atoms with Crippen molar-refractivity contribution in [3.05, 3.63) is 34.9 Å². The third kappa shape index (κ3) is 3.40. The largest absolute Gasteiger partial charge is 0.330 e. The van der Waals surface area contributed by atoms with Gasteiger partial charge in [-0.3, -0.25) is 0 Å². The maximum atomic E-state index is 13.6. The average molecular weight is 251 g/mol. The van der Waals surface area contributed by atoms with Gasteiger partial charge in [0.2, 0.25) is 0 Å². The van der Waals surface area contributed by atoms with Gasteiger partial charge in [0.1, 0.15) is 11.6 Å². The Balaban J connectivity index is 0.00000225. The standard InChI is InChI=1S/C11H16F2N2.ClH/c1-7-4-5-8(12)10(11(7)13)9(15)3-2-6-14;/h4-5,9H,2-3,6,14-15H2,1H3;1H/t9-;/m0./s1. The molecule has 0 saturated carbocycles. The van der Waals surface area contributed by atoms with E-state index in [4.69, 9.17) is 11.5 Å². The van der Waals surface area contributed by atoms with Crippen molar-refractivity contribution in [3.63, 3.8) is 0 Å². The van der Waals surface area contributed by atoms with E-state index < -0.39 is 17.7 Å². The number of nitrogens with two attached hydrogens (primary N) is 2. The lowest BCUT2D eigenvalue weighted by atomic mass is 9.99. The van der Waals surface area contributed by atoms with Gasteiger partial charge in [-0.05, 0) is 37.9 Å². The first-order valence-electron chi connectivity index (χ1n) is 4.98. The molecule has 0 saturated heterocycles. The molecular formula is C11H17ClF2N2. The Labute approximate surface area is 100 Å². The molecule has 0 radical (unpaired) electrons. The number of hydrogen-bond donors (Lipinski definition) is 2. The zero-order valence-electron chi connectivity index (χ0n) is 9.17. The van der Waals surface area contributed by atoms with Crippen molar-refractivity contribution in [3.8, 4) is 0 Å². The van der Waals surface area contributed by atoms with Gasteiger partial charge in [0.25, 0.3) is 0 Å². The quantitative estimate of drug-likeness (QED) is 0.862. The van der Waals surface area contributed by atoms with E-state index in [2.05, 4.69) is 0 Å². The zero-order valence-corrected chi connectivity index (χ0v) is 9.99. The predicted molar refractivity (Wildman–Crippen MR) is 63.6 cm³/mol. The van der Waals surface area contributed by atoms with E-state index >= 15 is 0 Å². The van der Waals surface area contributed by atoms with E-state index in [1.165, 1.54) is 12.1 Å². The molecule has 1 aromatic carbocycles. The molecule has 0 aliphatic carbocycles. The van der Waals surface area contributed by atoms with Crippen molar-refractivity contribution in [2.75, 3.05) is 6.54 Å². The van der Waals surface area contributed by atoms with Crippen LogP contribution in [0.3, 0.4) is 0 Å². The highest BCUT2D eigenvalue weighted by Gasteiger charge is 2.17. The Morgan fingerprint density at radius 2 is 1.94 bits per heavy atom. The molecule has 5 heteroatoms. The molecular weight excluding hydrogens is 234 g/mol. The molecule has 1 aromatic rings. The maximum absolute atomic E-state index is 13.6. The summed E-state index contributed by atoms with van der Waals surface area (Å²) in [5.74, 6) is -1.12. The molecule has 16 heavy (non-hydrogen) atoms. The van der Waals surface area contributed by atoms with Crippen LogP contribution in [0.2, 0.25) is 0 Å². The number of aryl methyl sites for hydroxylation is 1. The van der Waals surface area contributed by atoms with Crippen LogP contribution in [0, 0.1) is 18.6 Å². The average Bonchev–Trinajstić information content (AvgIpc) is 2.21. The summed E-state index contributed by atoms with van der Waals surface area (Å²) < 4.78 is 26.9. The molecule has 0 aromatic heterocycles. The van der Waals surface area contributed by atoms with Gasteiger partial charge in [-0.2, -0.15) is 0 Å². The minimum Gasteiger partial charge on any atom is -0.330 e. The lowest BCUT2D eigenvalue weighted by Crippen LogP contribution is -2.16. The van der Waals surface area contributed by atoms with Crippen molar-refractivity contribution in [2.24, 2.45) is 11.5 Å². The van der Waals surface area contributed by atoms with E-state index in [9.17, 15) is 8.78 Å². The number of hydrogen-bond acceptors (Lipinski definition) is 2. The molecule has 0 unspecified atom stereocenters. The van der Waals surface area contributed by atoms with E-state index in [0.717, 1.165) is 0 Å². The molecule has 2 nitrogen and oxygen atoms in total. The van der Waals surface area contributed by atoms with Gasteiger partial charge < -0.3 is 11.5 Å². The van der Waals surface area contributed by atoms with Gasteiger partial charge in [-0.25, -0.2) is 8.78 Å². The lowest BCUT2D eigenvalue weighted by Gasteiger charge is -2.14. The van der Waals surface area contributed by atoms with Crippen molar-refractivity contribution < 1.29 is 8.78 Å². The molecule has 1 atom stereocenters. The SMILES string of the molecule is Cc1ccc(F)c([C@@H](N)CCCN)c1F.Cl. The molecule has 0 aliphatic heterocycles. The van der Waals surface area contributed by atoms with Gasteiger partial charge >= 0.3 is 0 Å². The molecule has 4 N–H and O–H groups in total. The normalized spacial score (nSPS) is 12.1. The van der Waals surface area contributed by atoms with Crippen LogP contribution in [0.1, 0.15) is 30.0 Å². The third-order valence-corrected chi connectivity index (χ3v) is 2.41. The molecule has 0 heterocycles. The second kappa shape index (κ2) is 6.78. The van der Waals surface area contributed by atoms with Gasteiger partial charge in [0.15, 0.2) is 0 Å². The van der Waals surface area contributed by atoms with Crippen molar-refractivity contribution in [2.45, 2.75) is 25.8 Å². The van der Waals surface area contributed by atoms with Gasteiger partial charge in [0.05, 0.1) is 0 Å². The molecule has 92 valence electrons. The summed E-state index contributed by atoms with van der Waals surface area (Å²) in [6.45, 7) is 2.07. The summed E-state index contributed by atoms with van der Waals surface area (Å²) >= 11 is 0. The fourth-order valence-electron chi connectivity index (χ4n) is 1.50. The van der Waals surface area contributed by atoms with Crippen LogP contribution in [0.15, 0.2) is 12.1 Å². The van der Waals surface area contributed by atoms with Crippen LogP contribution in [0.5, 0.6) is 0 Å². The topological polar surface area (TPSA) is 52.0 Å². The molecule has 0 amide bonds. The first-order valence-corrected chi connectivity index (χ1v) is 4.98. The fourth-order valence-corrected chi connectivity index (χ4v) is 1.50. The van der Waals surface area contributed by atoms with Crippen molar-refractivity contribution in [1.82, 2.24) is 0 Å². The second-order valence-electron chi connectivity index (χ2n) is 3.63. The van der Waals surface area contributed by atoms with Crippen LogP contribution in [-0.4, -0.2) is 6.54 Å². The zero-order chi connectivity index (χ0) is 11.4. The maximum Gasteiger partial charge on any atom is 0.133 e. The minimum atomic E-state index is -0.617. The molecule has 0 spiro atoms. The van der Waals surface area contributed by atoms with E-state index in [1.807, 2.05) is 0 Å². The Hall–Kier alpha value is -0.710. The monoisotopic (exact) mass is 250 g/mol. The smallest absolute Gasteiger partial charge is 0.133 e. The Kier molecular flexibility index (Phi) is 6.48. The third-order valence-electron chi connectivity index (χ3n) is 2.41. The van der Waals surface area contributed by atoms with E-state index in [1.54, 1.807) is 6.92 Å². The summed E-state index contributed by atoms with van der Waals surface area (Å²) in [7, 11) is 0. The van der Waals surface area contributed by atoms with Crippen LogP contribution in [-0.2, 0) is 0 Å². The highest BCUT2D eigenvalue weighted by Crippen LogP contribution is 2.24. The van der Waals surface area contributed by atoms with Gasteiger partial charge in [-0.1, -0.05) is 6.07 Å². The number of halogens is 3. The van der Waals surface area contributed by atoms with Crippen LogP contribution in [0.4, 0.5) is 8.78 Å². The minimum absolute atomic E-state index is 0.